The maximum absolute atomic E-state index is 11.1. The largest absolute Gasteiger partial charge is 0.485 e. The number of nitrogens with zero attached hydrogens (tertiary/aromatic N) is 2. The van der Waals surface area contributed by atoms with Gasteiger partial charge in [-0.25, -0.2) is 9.42 Å². The third-order valence-corrected chi connectivity index (χ3v) is 3.65. The van der Waals surface area contributed by atoms with E-state index in [1.165, 1.54) is 11.3 Å². The van der Waals surface area contributed by atoms with Gasteiger partial charge in [-0.15, -0.1) is 11.3 Å². The fourth-order valence-electron chi connectivity index (χ4n) is 1.38. The van der Waals surface area contributed by atoms with E-state index >= 15 is 0 Å². The zero-order chi connectivity index (χ0) is 13.1. The Balaban J connectivity index is 2.16. The van der Waals surface area contributed by atoms with Crippen molar-refractivity contribution >= 4 is 17.3 Å². The number of carboxylic acid groups (broad SMARTS) is 1. The van der Waals surface area contributed by atoms with Gasteiger partial charge >= 0.3 is 5.97 Å². The second-order valence-electron chi connectivity index (χ2n) is 3.65. The van der Waals surface area contributed by atoms with Gasteiger partial charge in [-0.2, -0.15) is 0 Å². The van der Waals surface area contributed by atoms with Gasteiger partial charge in [0.15, 0.2) is 4.88 Å². The van der Waals surface area contributed by atoms with Crippen LogP contribution < -0.4 is 4.74 Å². The van der Waals surface area contributed by atoms with Crippen LogP contribution in [-0.2, 0) is 13.0 Å². The highest BCUT2D eigenvalue weighted by Gasteiger charge is 2.17. The van der Waals surface area contributed by atoms with Crippen LogP contribution in [0.1, 0.15) is 32.9 Å². The van der Waals surface area contributed by atoms with Gasteiger partial charge in [0.2, 0.25) is 0 Å². The average molecular weight is 268 g/mol. The first kappa shape index (κ1) is 12.6. The predicted molar refractivity (Wildman–Crippen MR) is 64.0 cm³/mol. The van der Waals surface area contributed by atoms with E-state index in [4.69, 9.17) is 9.84 Å². The van der Waals surface area contributed by atoms with Gasteiger partial charge < -0.3 is 9.84 Å². The molecule has 6 nitrogen and oxygen atoms in total. The van der Waals surface area contributed by atoms with Gasteiger partial charge in [0.25, 0.3) is 0 Å². The summed E-state index contributed by atoms with van der Waals surface area (Å²) in [7, 11) is 0. The molecule has 0 amide bonds. The lowest BCUT2D eigenvalue weighted by Crippen LogP contribution is -2.01. The molecule has 0 saturated carbocycles. The summed E-state index contributed by atoms with van der Waals surface area (Å²) < 4.78 is 10.0. The molecule has 0 aliphatic carbocycles. The molecule has 1 N–H and O–H groups in total. The number of carbonyl (C=O) groups is 1. The summed E-state index contributed by atoms with van der Waals surface area (Å²) in [6.45, 7) is 3.86. The Morgan fingerprint density at radius 3 is 2.89 bits per heavy atom. The maximum Gasteiger partial charge on any atom is 0.349 e. The molecule has 0 spiro atoms. The Morgan fingerprint density at radius 2 is 2.33 bits per heavy atom. The molecular formula is C11H12N2O4S. The molecule has 2 aromatic rings. The van der Waals surface area contributed by atoms with Crippen LogP contribution in [0.25, 0.3) is 0 Å². The Bertz CT molecular complexity index is 561. The first-order valence-electron chi connectivity index (χ1n) is 5.38. The second-order valence-corrected chi connectivity index (χ2v) is 4.79. The van der Waals surface area contributed by atoms with Crippen molar-refractivity contribution in [2.45, 2.75) is 26.9 Å². The molecule has 2 aromatic heterocycles. The van der Waals surface area contributed by atoms with E-state index in [0.717, 1.165) is 11.3 Å². The van der Waals surface area contributed by atoms with Crippen molar-refractivity contribution in [3.8, 4) is 5.75 Å². The monoisotopic (exact) mass is 268 g/mol. The molecule has 0 aromatic carbocycles. The van der Waals surface area contributed by atoms with Crippen molar-refractivity contribution < 1.29 is 19.3 Å². The van der Waals surface area contributed by atoms with E-state index in [-0.39, 0.29) is 11.5 Å². The minimum absolute atomic E-state index is 0.148. The highest BCUT2D eigenvalue weighted by atomic mass is 32.1. The quantitative estimate of drug-likeness (QED) is 0.895. The van der Waals surface area contributed by atoms with Gasteiger partial charge in [0, 0.05) is 4.88 Å². The molecule has 96 valence electrons. The van der Waals surface area contributed by atoms with E-state index in [9.17, 15) is 4.79 Å². The Morgan fingerprint density at radius 1 is 1.56 bits per heavy atom. The summed E-state index contributed by atoms with van der Waals surface area (Å²) in [5.74, 6) is -0.614. The normalized spacial score (nSPS) is 10.6. The van der Waals surface area contributed by atoms with Crippen LogP contribution in [0.15, 0.2) is 10.7 Å². The maximum atomic E-state index is 11.1. The zero-order valence-electron chi connectivity index (χ0n) is 9.97. The SMILES string of the molecule is CCc1cc(OCc2nonc2C)c(C(=O)O)s1. The molecule has 0 fully saturated rings. The Labute approximate surface area is 107 Å². The Kier molecular flexibility index (Phi) is 3.61. The van der Waals surface area contributed by atoms with Crippen LogP contribution in [0.3, 0.4) is 0 Å². The third-order valence-electron chi connectivity index (χ3n) is 2.40. The predicted octanol–water partition coefficient (Wildman–Crippen LogP) is 2.28. The number of aromatic carboxylic acids is 1. The van der Waals surface area contributed by atoms with Crippen molar-refractivity contribution in [1.82, 2.24) is 10.3 Å². The number of rotatable bonds is 5. The molecule has 0 aliphatic heterocycles. The van der Waals surface area contributed by atoms with E-state index in [1.54, 1.807) is 13.0 Å². The summed E-state index contributed by atoms with van der Waals surface area (Å²) in [6.07, 6.45) is 0.777. The smallest absolute Gasteiger partial charge is 0.349 e. The van der Waals surface area contributed by atoms with Crippen LogP contribution in [0.4, 0.5) is 0 Å². The molecular weight excluding hydrogens is 256 g/mol. The summed E-state index contributed by atoms with van der Waals surface area (Å²) in [5, 5.41) is 16.4. The summed E-state index contributed by atoms with van der Waals surface area (Å²) in [5.41, 5.74) is 1.20. The number of hydrogen-bond donors (Lipinski definition) is 1. The number of aryl methyl sites for hydroxylation is 2. The lowest BCUT2D eigenvalue weighted by molar-refractivity contribution is 0.0697. The summed E-state index contributed by atoms with van der Waals surface area (Å²) in [6, 6.07) is 1.75. The molecule has 18 heavy (non-hydrogen) atoms. The van der Waals surface area contributed by atoms with E-state index in [0.29, 0.717) is 17.1 Å². The molecule has 0 bridgehead atoms. The lowest BCUT2D eigenvalue weighted by Gasteiger charge is -2.02. The zero-order valence-corrected chi connectivity index (χ0v) is 10.8. The van der Waals surface area contributed by atoms with Crippen molar-refractivity contribution in [2.75, 3.05) is 0 Å². The fraction of sp³-hybridized carbons (Fsp3) is 0.364. The van der Waals surface area contributed by atoms with Crippen LogP contribution in [0.2, 0.25) is 0 Å². The number of carboxylic acids is 1. The van der Waals surface area contributed by atoms with Gasteiger partial charge in [-0.05, 0) is 19.4 Å². The number of hydrogen-bond acceptors (Lipinski definition) is 6. The molecule has 0 unspecified atom stereocenters. The first-order chi connectivity index (χ1) is 8.61. The van der Waals surface area contributed by atoms with Gasteiger partial charge in [-0.3, -0.25) is 0 Å². The number of thiophene rings is 1. The second kappa shape index (κ2) is 5.18. The minimum atomic E-state index is -0.982. The van der Waals surface area contributed by atoms with Gasteiger partial charge in [0.1, 0.15) is 23.7 Å². The number of aromatic nitrogens is 2. The highest BCUT2D eigenvalue weighted by Crippen LogP contribution is 2.30. The first-order valence-corrected chi connectivity index (χ1v) is 6.20. The summed E-state index contributed by atoms with van der Waals surface area (Å²) in [4.78, 5) is 12.2. The van der Waals surface area contributed by atoms with Crippen molar-refractivity contribution in [3.63, 3.8) is 0 Å². The molecule has 2 rings (SSSR count). The van der Waals surface area contributed by atoms with E-state index < -0.39 is 5.97 Å². The van der Waals surface area contributed by atoms with E-state index in [1.807, 2.05) is 6.92 Å². The molecule has 0 aliphatic rings. The van der Waals surface area contributed by atoms with Crippen molar-refractivity contribution in [2.24, 2.45) is 0 Å². The lowest BCUT2D eigenvalue weighted by atomic mass is 10.3. The molecule has 7 heteroatoms. The average Bonchev–Trinajstić information content (AvgIpc) is 2.92. The van der Waals surface area contributed by atoms with Crippen molar-refractivity contribution in [3.05, 3.63) is 27.2 Å². The van der Waals surface area contributed by atoms with Crippen LogP contribution in [0.5, 0.6) is 5.75 Å². The van der Waals surface area contributed by atoms with Crippen LogP contribution in [-0.4, -0.2) is 21.4 Å². The van der Waals surface area contributed by atoms with E-state index in [2.05, 4.69) is 14.9 Å². The summed E-state index contributed by atoms with van der Waals surface area (Å²) >= 11 is 1.22. The molecule has 0 saturated heterocycles. The topological polar surface area (TPSA) is 85.5 Å². The van der Waals surface area contributed by atoms with Crippen LogP contribution in [0, 0.1) is 6.92 Å². The van der Waals surface area contributed by atoms with Gasteiger partial charge in [0.05, 0.1) is 0 Å². The third kappa shape index (κ3) is 2.51. The van der Waals surface area contributed by atoms with Crippen LogP contribution >= 0.6 is 11.3 Å². The minimum Gasteiger partial charge on any atom is -0.485 e. The van der Waals surface area contributed by atoms with Crippen molar-refractivity contribution in [1.29, 1.82) is 0 Å². The molecule has 2 heterocycles. The molecule has 0 radical (unpaired) electrons. The Hall–Kier alpha value is -1.89. The number of ether oxygens (including phenoxy) is 1. The standard InChI is InChI=1S/C11H12N2O4S/c1-3-7-4-9(10(18-7)11(14)15)16-5-8-6(2)12-17-13-8/h4H,3,5H2,1-2H3,(H,14,15). The molecule has 0 atom stereocenters. The van der Waals surface area contributed by atoms with Gasteiger partial charge in [-0.1, -0.05) is 17.2 Å². The fourth-order valence-corrected chi connectivity index (χ4v) is 2.26. The highest BCUT2D eigenvalue weighted by molar-refractivity contribution is 7.14.